The van der Waals surface area contributed by atoms with Gasteiger partial charge in [0.15, 0.2) is 0 Å². The molecule has 4 aromatic carbocycles. The van der Waals surface area contributed by atoms with Crippen LogP contribution in [0.25, 0.3) is 0 Å². The zero-order valence-electron chi connectivity index (χ0n) is 22.5. The molecule has 0 aliphatic carbocycles. The third-order valence-electron chi connectivity index (χ3n) is 6.98. The number of fused-ring (bicyclic) bond motifs is 1. The molecule has 8 nitrogen and oxygen atoms in total. The lowest BCUT2D eigenvalue weighted by Gasteiger charge is -2.20. The number of nitrogens with zero attached hydrogens (tertiary/aromatic N) is 2. The second-order valence-electron chi connectivity index (χ2n) is 9.60. The van der Waals surface area contributed by atoms with Crippen LogP contribution in [-0.4, -0.2) is 40.9 Å². The molecule has 1 aliphatic rings. The van der Waals surface area contributed by atoms with Crippen LogP contribution in [0.15, 0.2) is 95.9 Å². The van der Waals surface area contributed by atoms with Crippen molar-refractivity contribution in [2.45, 2.75) is 17.7 Å². The van der Waals surface area contributed by atoms with E-state index in [1.807, 2.05) is 18.2 Å². The number of hydrogen-bond acceptors (Lipinski definition) is 5. The molecular formula is C31H28ClN3O5S. The number of carbonyl (C=O) groups excluding carboxylic acids is 2. The van der Waals surface area contributed by atoms with Crippen molar-refractivity contribution in [3.05, 3.63) is 113 Å². The number of hydrogen-bond donors (Lipinski definition) is 1. The molecule has 0 spiro atoms. The normalized spacial score (nSPS) is 12.5. The summed E-state index contributed by atoms with van der Waals surface area (Å²) in [6, 6.07) is 25.3. The largest absolute Gasteiger partial charge is 0.497 e. The number of benzene rings is 4. The fourth-order valence-electron chi connectivity index (χ4n) is 4.68. The van der Waals surface area contributed by atoms with Crippen molar-refractivity contribution < 1.29 is 22.7 Å². The predicted octanol–water partition coefficient (Wildman–Crippen LogP) is 5.56. The number of rotatable bonds is 8. The van der Waals surface area contributed by atoms with Gasteiger partial charge in [0, 0.05) is 35.6 Å². The van der Waals surface area contributed by atoms with Gasteiger partial charge in [-0.15, -0.1) is 0 Å². The third-order valence-corrected chi connectivity index (χ3v) is 9.04. The zero-order valence-corrected chi connectivity index (χ0v) is 24.1. The average Bonchev–Trinajstić information content (AvgIpc) is 3.40. The van der Waals surface area contributed by atoms with Crippen LogP contribution < -0.4 is 19.3 Å². The van der Waals surface area contributed by atoms with E-state index < -0.39 is 10.0 Å². The summed E-state index contributed by atoms with van der Waals surface area (Å²) in [7, 11) is -0.709. The first-order chi connectivity index (χ1) is 19.7. The second-order valence-corrected chi connectivity index (χ2v) is 12.0. The van der Waals surface area contributed by atoms with E-state index >= 15 is 0 Å². The van der Waals surface area contributed by atoms with E-state index in [-0.39, 0.29) is 23.1 Å². The highest BCUT2D eigenvalue weighted by Gasteiger charge is 2.26. The summed E-state index contributed by atoms with van der Waals surface area (Å²) in [4.78, 5) is 27.9. The number of sulfonamides is 1. The average molecular weight is 590 g/mol. The van der Waals surface area contributed by atoms with Gasteiger partial charge in [-0.1, -0.05) is 29.8 Å². The van der Waals surface area contributed by atoms with E-state index in [1.165, 1.54) is 35.6 Å². The van der Waals surface area contributed by atoms with E-state index in [0.29, 0.717) is 34.3 Å². The Labute approximate surface area is 244 Å². The van der Waals surface area contributed by atoms with Crippen molar-refractivity contribution in [1.29, 1.82) is 0 Å². The monoisotopic (exact) mass is 589 g/mol. The Morgan fingerprint density at radius 1 is 0.951 bits per heavy atom. The van der Waals surface area contributed by atoms with Crippen molar-refractivity contribution in [1.82, 2.24) is 0 Å². The van der Waals surface area contributed by atoms with Gasteiger partial charge in [-0.05, 0) is 90.3 Å². The highest BCUT2D eigenvalue weighted by Crippen LogP contribution is 2.32. The third kappa shape index (κ3) is 6.06. The van der Waals surface area contributed by atoms with Crippen LogP contribution in [0, 0.1) is 0 Å². The summed E-state index contributed by atoms with van der Waals surface area (Å²) in [5, 5.41) is 3.36. The molecule has 1 N–H and O–H groups in total. The maximum atomic E-state index is 13.2. The first kappa shape index (κ1) is 28.2. The van der Waals surface area contributed by atoms with Crippen molar-refractivity contribution in [3.63, 3.8) is 0 Å². The molecule has 0 bridgehead atoms. The lowest BCUT2D eigenvalue weighted by Crippen LogP contribution is -2.28. The maximum absolute atomic E-state index is 13.2. The van der Waals surface area contributed by atoms with Gasteiger partial charge in [-0.2, -0.15) is 0 Å². The number of nitrogens with one attached hydrogen (secondary N) is 1. The molecule has 10 heteroatoms. The van der Waals surface area contributed by atoms with Gasteiger partial charge >= 0.3 is 0 Å². The Morgan fingerprint density at radius 3 is 2.29 bits per heavy atom. The van der Waals surface area contributed by atoms with Gasteiger partial charge in [-0.3, -0.25) is 13.9 Å². The highest BCUT2D eigenvalue weighted by atomic mass is 35.5. The van der Waals surface area contributed by atoms with E-state index in [9.17, 15) is 18.0 Å². The van der Waals surface area contributed by atoms with Crippen LogP contribution in [0.1, 0.15) is 21.5 Å². The van der Waals surface area contributed by atoms with Crippen LogP contribution in [0.4, 0.5) is 17.1 Å². The topological polar surface area (TPSA) is 96.0 Å². The SMILES string of the molecule is COc1ccc(C(=O)N2CCc3ccc(NC(=O)Cc4ccc(N(C)S(=O)(=O)c5ccc(Cl)cc5)cc4)cc32)cc1. The molecule has 1 heterocycles. The standard InChI is InChI=1S/C31H28ClN3O5S/c1-34(41(38,39)28-15-8-24(32)9-16-28)26-11-3-21(4-12-26)19-30(36)33-25-10-5-22-17-18-35(29(22)20-25)31(37)23-6-13-27(40-2)14-7-23/h3-16,20H,17-19H2,1-2H3,(H,33,36). The minimum Gasteiger partial charge on any atom is -0.497 e. The number of methoxy groups -OCH3 is 1. The maximum Gasteiger partial charge on any atom is 0.264 e. The lowest BCUT2D eigenvalue weighted by molar-refractivity contribution is -0.115. The number of carbonyl (C=O) groups is 2. The number of halogens is 1. The quantitative estimate of drug-likeness (QED) is 0.290. The molecule has 0 radical (unpaired) electrons. The first-order valence-electron chi connectivity index (χ1n) is 12.9. The fraction of sp³-hybridized carbons (Fsp3) is 0.161. The van der Waals surface area contributed by atoms with Crippen LogP contribution in [0.5, 0.6) is 5.75 Å². The molecule has 4 aromatic rings. The van der Waals surface area contributed by atoms with Crippen LogP contribution in [-0.2, 0) is 27.7 Å². The number of amides is 2. The Balaban J connectivity index is 1.24. The van der Waals surface area contributed by atoms with Crippen LogP contribution in [0.2, 0.25) is 5.02 Å². The van der Waals surface area contributed by atoms with Gasteiger partial charge in [0.05, 0.1) is 24.1 Å². The molecule has 41 heavy (non-hydrogen) atoms. The van der Waals surface area contributed by atoms with E-state index in [4.69, 9.17) is 16.3 Å². The van der Waals surface area contributed by atoms with Crippen molar-refractivity contribution in [2.75, 3.05) is 35.2 Å². The second kappa shape index (κ2) is 11.6. The van der Waals surface area contributed by atoms with E-state index in [2.05, 4.69) is 5.32 Å². The van der Waals surface area contributed by atoms with E-state index in [0.717, 1.165) is 23.2 Å². The van der Waals surface area contributed by atoms with E-state index in [1.54, 1.807) is 60.5 Å². The number of anilines is 3. The minimum absolute atomic E-state index is 0.0967. The van der Waals surface area contributed by atoms with Gasteiger partial charge in [0.25, 0.3) is 15.9 Å². The molecule has 1 aliphatic heterocycles. The van der Waals surface area contributed by atoms with Gasteiger partial charge < -0.3 is 15.0 Å². The Morgan fingerprint density at radius 2 is 1.63 bits per heavy atom. The fourth-order valence-corrected chi connectivity index (χ4v) is 6.00. The molecule has 210 valence electrons. The Bertz CT molecular complexity index is 1690. The first-order valence-corrected chi connectivity index (χ1v) is 14.7. The van der Waals surface area contributed by atoms with Gasteiger partial charge in [0.2, 0.25) is 5.91 Å². The molecule has 0 fully saturated rings. The Kier molecular flexibility index (Phi) is 8.01. The van der Waals surface area contributed by atoms with Crippen LogP contribution >= 0.6 is 11.6 Å². The molecule has 2 amide bonds. The van der Waals surface area contributed by atoms with Gasteiger partial charge in [0.1, 0.15) is 5.75 Å². The minimum atomic E-state index is -3.76. The predicted molar refractivity (Wildman–Crippen MR) is 161 cm³/mol. The van der Waals surface area contributed by atoms with Crippen molar-refractivity contribution in [2.24, 2.45) is 0 Å². The molecule has 0 aromatic heterocycles. The Hall–Kier alpha value is -4.34. The van der Waals surface area contributed by atoms with Crippen molar-refractivity contribution >= 4 is 50.5 Å². The highest BCUT2D eigenvalue weighted by molar-refractivity contribution is 7.92. The van der Waals surface area contributed by atoms with Crippen LogP contribution in [0.3, 0.4) is 0 Å². The van der Waals surface area contributed by atoms with Gasteiger partial charge in [-0.25, -0.2) is 8.42 Å². The molecule has 0 saturated heterocycles. The summed E-state index contributed by atoms with van der Waals surface area (Å²) in [6.07, 6.45) is 0.833. The lowest BCUT2D eigenvalue weighted by atomic mass is 10.1. The summed E-state index contributed by atoms with van der Waals surface area (Å²) >= 11 is 5.88. The summed E-state index contributed by atoms with van der Waals surface area (Å²) in [5.74, 6) is 0.335. The zero-order chi connectivity index (χ0) is 29.1. The molecule has 0 saturated carbocycles. The summed E-state index contributed by atoms with van der Waals surface area (Å²) in [5.41, 5.74) is 4.15. The summed E-state index contributed by atoms with van der Waals surface area (Å²) in [6.45, 7) is 0.562. The summed E-state index contributed by atoms with van der Waals surface area (Å²) < 4.78 is 32.3. The molecular weight excluding hydrogens is 562 g/mol. The van der Waals surface area contributed by atoms with Crippen molar-refractivity contribution in [3.8, 4) is 5.75 Å². The molecule has 0 atom stereocenters. The molecule has 5 rings (SSSR count). The molecule has 0 unspecified atom stereocenters. The number of ether oxygens (including phenoxy) is 1. The smallest absolute Gasteiger partial charge is 0.264 e.